The molecule has 0 nitrogen and oxygen atoms in total. The second-order valence-corrected chi connectivity index (χ2v) is 10.5. The highest BCUT2D eigenvalue weighted by Gasteiger charge is 2.35. The summed E-state index contributed by atoms with van der Waals surface area (Å²) in [5, 5.41) is 2.60. The van der Waals surface area contributed by atoms with Gasteiger partial charge in [0.1, 0.15) is 0 Å². The van der Waals surface area contributed by atoms with Crippen molar-refractivity contribution in [2.24, 2.45) is 0 Å². The second kappa shape index (κ2) is 7.71. The standard InChI is InChI=1S/C34H30/c1-22(2)24-11-7-12-25(19-24)26-15-17-30-31-18-16-27(21-33(31)34(3,4)32(30)20-26)29-14-8-10-23-9-5-6-13-28(23)29/h5-22H,1-4H3. The van der Waals surface area contributed by atoms with Gasteiger partial charge in [-0.05, 0) is 78.9 Å². The van der Waals surface area contributed by atoms with Crippen LogP contribution in [0, 0.1) is 0 Å². The molecule has 1 aliphatic carbocycles. The number of fused-ring (bicyclic) bond motifs is 4. The lowest BCUT2D eigenvalue weighted by atomic mass is 9.80. The van der Waals surface area contributed by atoms with Gasteiger partial charge in [-0.15, -0.1) is 0 Å². The van der Waals surface area contributed by atoms with E-state index in [0.29, 0.717) is 5.92 Å². The molecular formula is C34H30. The fourth-order valence-corrected chi connectivity index (χ4v) is 5.64. The topological polar surface area (TPSA) is 0 Å². The van der Waals surface area contributed by atoms with E-state index in [0.717, 1.165) is 0 Å². The minimum absolute atomic E-state index is 0.0447. The first-order valence-electron chi connectivity index (χ1n) is 12.3. The van der Waals surface area contributed by atoms with Gasteiger partial charge in [0.15, 0.2) is 0 Å². The predicted molar refractivity (Wildman–Crippen MR) is 146 cm³/mol. The lowest BCUT2D eigenvalue weighted by Gasteiger charge is -2.23. The summed E-state index contributed by atoms with van der Waals surface area (Å²) >= 11 is 0. The third-order valence-electron chi connectivity index (χ3n) is 7.66. The summed E-state index contributed by atoms with van der Waals surface area (Å²) in [6.45, 7) is 9.27. The quantitative estimate of drug-likeness (QED) is 0.263. The average Bonchev–Trinajstić information content (AvgIpc) is 3.09. The van der Waals surface area contributed by atoms with E-state index in [1.165, 1.54) is 60.8 Å². The highest BCUT2D eigenvalue weighted by atomic mass is 14.4. The van der Waals surface area contributed by atoms with Gasteiger partial charge >= 0.3 is 0 Å². The van der Waals surface area contributed by atoms with Crippen LogP contribution in [0.15, 0.2) is 103 Å². The summed E-state index contributed by atoms with van der Waals surface area (Å²) in [6, 6.07) is 38.4. The van der Waals surface area contributed by atoms with Crippen molar-refractivity contribution in [3.8, 4) is 33.4 Å². The Labute approximate surface area is 202 Å². The van der Waals surface area contributed by atoms with E-state index >= 15 is 0 Å². The van der Waals surface area contributed by atoms with Gasteiger partial charge in [-0.2, -0.15) is 0 Å². The monoisotopic (exact) mass is 438 g/mol. The van der Waals surface area contributed by atoms with E-state index in [1.807, 2.05) is 0 Å². The minimum atomic E-state index is -0.0447. The number of hydrogen-bond acceptors (Lipinski definition) is 0. The van der Waals surface area contributed by atoms with Crippen molar-refractivity contribution in [2.45, 2.75) is 39.0 Å². The molecule has 0 bridgehead atoms. The molecular weight excluding hydrogens is 408 g/mol. The molecule has 1 aliphatic rings. The predicted octanol–water partition coefficient (Wildman–Crippen LogP) is 9.60. The SMILES string of the molecule is CC(C)c1cccc(-c2ccc3c(c2)C(C)(C)c2cc(-c4cccc5ccccc45)ccc2-3)c1. The zero-order valence-electron chi connectivity index (χ0n) is 20.4. The Balaban J connectivity index is 1.47. The van der Waals surface area contributed by atoms with E-state index in [9.17, 15) is 0 Å². The number of benzene rings is 5. The summed E-state index contributed by atoms with van der Waals surface area (Å²) in [5.41, 5.74) is 12.1. The molecule has 0 aromatic heterocycles. The summed E-state index contributed by atoms with van der Waals surface area (Å²) in [4.78, 5) is 0. The highest BCUT2D eigenvalue weighted by molar-refractivity contribution is 5.97. The van der Waals surface area contributed by atoms with Crippen molar-refractivity contribution in [2.75, 3.05) is 0 Å². The molecule has 0 amide bonds. The van der Waals surface area contributed by atoms with Gasteiger partial charge in [0.25, 0.3) is 0 Å². The molecule has 34 heavy (non-hydrogen) atoms. The Morgan fingerprint density at radius 1 is 0.529 bits per heavy atom. The Hall–Kier alpha value is -3.64. The van der Waals surface area contributed by atoms with Gasteiger partial charge in [-0.25, -0.2) is 0 Å². The van der Waals surface area contributed by atoms with Gasteiger partial charge < -0.3 is 0 Å². The van der Waals surface area contributed by atoms with Crippen molar-refractivity contribution in [3.05, 3.63) is 120 Å². The Morgan fingerprint density at radius 3 is 1.91 bits per heavy atom. The van der Waals surface area contributed by atoms with E-state index in [4.69, 9.17) is 0 Å². The normalized spacial score (nSPS) is 13.8. The van der Waals surface area contributed by atoms with Crippen LogP contribution >= 0.6 is 0 Å². The van der Waals surface area contributed by atoms with Crippen LogP contribution in [0.4, 0.5) is 0 Å². The van der Waals surface area contributed by atoms with Crippen LogP contribution in [0.3, 0.4) is 0 Å². The van der Waals surface area contributed by atoms with Crippen LogP contribution in [0.25, 0.3) is 44.2 Å². The van der Waals surface area contributed by atoms with Gasteiger partial charge in [0.05, 0.1) is 0 Å². The van der Waals surface area contributed by atoms with Crippen LogP contribution in [-0.2, 0) is 5.41 Å². The number of rotatable bonds is 3. The van der Waals surface area contributed by atoms with E-state index in [2.05, 4.69) is 131 Å². The third-order valence-corrected chi connectivity index (χ3v) is 7.66. The molecule has 0 N–H and O–H groups in total. The maximum absolute atomic E-state index is 2.43. The summed E-state index contributed by atoms with van der Waals surface area (Å²) in [5.74, 6) is 0.530. The highest BCUT2D eigenvalue weighted by Crippen LogP contribution is 2.51. The smallest absolute Gasteiger partial charge is 0.0159 e. The lowest BCUT2D eigenvalue weighted by Crippen LogP contribution is -2.15. The van der Waals surface area contributed by atoms with Crippen LogP contribution in [-0.4, -0.2) is 0 Å². The Bertz CT molecular complexity index is 1540. The van der Waals surface area contributed by atoms with E-state index in [-0.39, 0.29) is 5.41 Å². The molecule has 6 rings (SSSR count). The summed E-state index contributed by atoms with van der Waals surface area (Å²) < 4.78 is 0. The third kappa shape index (κ3) is 3.21. The fourth-order valence-electron chi connectivity index (χ4n) is 5.64. The molecule has 166 valence electrons. The first-order valence-corrected chi connectivity index (χ1v) is 12.3. The molecule has 0 atom stereocenters. The first-order chi connectivity index (χ1) is 16.4. The van der Waals surface area contributed by atoms with Crippen molar-refractivity contribution in [1.29, 1.82) is 0 Å². The van der Waals surface area contributed by atoms with Crippen molar-refractivity contribution < 1.29 is 0 Å². The molecule has 0 saturated heterocycles. The maximum atomic E-state index is 2.43. The molecule has 0 unspecified atom stereocenters. The molecule has 0 saturated carbocycles. The minimum Gasteiger partial charge on any atom is -0.0616 e. The van der Waals surface area contributed by atoms with Crippen molar-refractivity contribution in [3.63, 3.8) is 0 Å². The van der Waals surface area contributed by atoms with Crippen LogP contribution in [0.5, 0.6) is 0 Å². The molecule has 5 aromatic carbocycles. The van der Waals surface area contributed by atoms with Crippen LogP contribution in [0.1, 0.15) is 50.3 Å². The molecule has 0 spiro atoms. The Kier molecular flexibility index (Phi) is 4.74. The van der Waals surface area contributed by atoms with Crippen molar-refractivity contribution in [1.82, 2.24) is 0 Å². The summed E-state index contributed by atoms with van der Waals surface area (Å²) in [7, 11) is 0. The Morgan fingerprint density at radius 2 is 1.15 bits per heavy atom. The average molecular weight is 439 g/mol. The molecule has 0 aliphatic heterocycles. The largest absolute Gasteiger partial charge is 0.0616 e. The van der Waals surface area contributed by atoms with Gasteiger partial charge in [0, 0.05) is 5.41 Å². The first kappa shape index (κ1) is 20.9. The zero-order valence-corrected chi connectivity index (χ0v) is 20.4. The van der Waals surface area contributed by atoms with E-state index in [1.54, 1.807) is 0 Å². The molecule has 5 aromatic rings. The lowest BCUT2D eigenvalue weighted by molar-refractivity contribution is 0.661. The van der Waals surface area contributed by atoms with Crippen molar-refractivity contribution >= 4 is 10.8 Å². The van der Waals surface area contributed by atoms with Gasteiger partial charge in [0.2, 0.25) is 0 Å². The second-order valence-electron chi connectivity index (χ2n) is 10.5. The molecule has 0 fully saturated rings. The maximum Gasteiger partial charge on any atom is 0.0159 e. The fraction of sp³-hybridized carbons (Fsp3) is 0.176. The molecule has 0 radical (unpaired) electrons. The van der Waals surface area contributed by atoms with E-state index < -0.39 is 0 Å². The van der Waals surface area contributed by atoms with Crippen LogP contribution in [0.2, 0.25) is 0 Å². The number of hydrogen-bond donors (Lipinski definition) is 0. The van der Waals surface area contributed by atoms with Gasteiger partial charge in [-0.1, -0.05) is 119 Å². The molecule has 0 heterocycles. The van der Waals surface area contributed by atoms with Crippen LogP contribution < -0.4 is 0 Å². The summed E-state index contributed by atoms with van der Waals surface area (Å²) in [6.07, 6.45) is 0. The molecule has 0 heteroatoms. The van der Waals surface area contributed by atoms with Gasteiger partial charge in [-0.3, -0.25) is 0 Å². The zero-order chi connectivity index (χ0) is 23.4.